The molecule has 0 amide bonds. The third-order valence-corrected chi connectivity index (χ3v) is 8.11. The monoisotopic (exact) mass is 587 g/mol. The summed E-state index contributed by atoms with van der Waals surface area (Å²) in [7, 11) is 3.24. The standard InChI is InChI=1S/C32H30BrNO5/c1-19-29(32(36)39-18-20-7-5-4-6-8-20)30(22-11-14-28(38-3)25(33)15-22)31-26(34-19)16-23(17-27(31)35)21-9-12-24(37-2)13-10-21/h4-15,23,29-30H,16-18H2,1-3H3/t23-,29?,30-/m1/s1. The number of hydrogen-bond donors (Lipinski definition) is 0. The quantitative estimate of drug-likeness (QED) is 0.285. The van der Waals surface area contributed by atoms with Crippen molar-refractivity contribution in [3.05, 3.63) is 105 Å². The molecule has 1 unspecified atom stereocenters. The van der Waals surface area contributed by atoms with E-state index in [1.54, 1.807) is 14.2 Å². The molecule has 0 N–H and O–H groups in total. The lowest BCUT2D eigenvalue weighted by Gasteiger charge is -2.36. The predicted molar refractivity (Wildman–Crippen MR) is 153 cm³/mol. The van der Waals surface area contributed by atoms with Gasteiger partial charge >= 0.3 is 5.97 Å². The van der Waals surface area contributed by atoms with Gasteiger partial charge in [-0.3, -0.25) is 14.6 Å². The third-order valence-electron chi connectivity index (χ3n) is 7.49. The van der Waals surface area contributed by atoms with Gasteiger partial charge in [-0.15, -0.1) is 0 Å². The summed E-state index contributed by atoms with van der Waals surface area (Å²) in [6.45, 7) is 2.01. The molecular weight excluding hydrogens is 558 g/mol. The van der Waals surface area contributed by atoms with Gasteiger partial charge in [0.1, 0.15) is 24.0 Å². The molecule has 7 heteroatoms. The first kappa shape index (κ1) is 26.9. The Morgan fingerprint density at radius 3 is 2.33 bits per heavy atom. The number of allylic oxidation sites excluding steroid dienone is 2. The minimum Gasteiger partial charge on any atom is -0.497 e. The average molecular weight is 588 g/mol. The Balaban J connectivity index is 1.52. The van der Waals surface area contributed by atoms with Gasteiger partial charge in [-0.05, 0) is 76.1 Å². The molecule has 2 aliphatic rings. The highest BCUT2D eigenvalue weighted by Gasteiger charge is 2.45. The smallest absolute Gasteiger partial charge is 0.315 e. The van der Waals surface area contributed by atoms with Crippen LogP contribution in [0.1, 0.15) is 48.3 Å². The highest BCUT2D eigenvalue weighted by Crippen LogP contribution is 2.47. The first-order chi connectivity index (χ1) is 18.9. The largest absolute Gasteiger partial charge is 0.497 e. The summed E-state index contributed by atoms with van der Waals surface area (Å²) in [5, 5.41) is 0. The number of halogens is 1. The number of carbonyl (C=O) groups excluding carboxylic acids is 2. The topological polar surface area (TPSA) is 74.2 Å². The number of carbonyl (C=O) groups is 2. The molecule has 6 nitrogen and oxygen atoms in total. The summed E-state index contributed by atoms with van der Waals surface area (Å²) >= 11 is 3.58. The second-order valence-corrected chi connectivity index (χ2v) is 10.7. The van der Waals surface area contributed by atoms with Crippen molar-refractivity contribution < 1.29 is 23.8 Å². The van der Waals surface area contributed by atoms with Gasteiger partial charge in [0.25, 0.3) is 0 Å². The zero-order chi connectivity index (χ0) is 27.5. The summed E-state index contributed by atoms with van der Waals surface area (Å²) in [4.78, 5) is 32.3. The van der Waals surface area contributed by atoms with Gasteiger partial charge in [-0.25, -0.2) is 0 Å². The van der Waals surface area contributed by atoms with Crippen molar-refractivity contribution in [3.8, 4) is 11.5 Å². The molecule has 1 aliphatic carbocycles. The molecule has 0 aromatic heterocycles. The van der Waals surface area contributed by atoms with E-state index < -0.39 is 17.8 Å². The van der Waals surface area contributed by atoms with Crippen LogP contribution < -0.4 is 9.47 Å². The summed E-state index contributed by atoms with van der Waals surface area (Å²) in [6, 6.07) is 23.1. The number of esters is 1. The average Bonchev–Trinajstić information content (AvgIpc) is 2.95. The molecule has 1 heterocycles. The predicted octanol–water partition coefficient (Wildman–Crippen LogP) is 6.78. The van der Waals surface area contributed by atoms with Crippen molar-refractivity contribution in [1.82, 2.24) is 0 Å². The lowest BCUT2D eigenvalue weighted by molar-refractivity contribution is -0.148. The first-order valence-corrected chi connectivity index (χ1v) is 13.7. The van der Waals surface area contributed by atoms with E-state index in [2.05, 4.69) is 15.9 Å². The molecule has 0 bridgehead atoms. The Hall–Kier alpha value is -3.71. The van der Waals surface area contributed by atoms with Crippen LogP contribution in [-0.2, 0) is 20.9 Å². The van der Waals surface area contributed by atoms with Gasteiger partial charge in [-0.1, -0.05) is 48.5 Å². The van der Waals surface area contributed by atoms with Gasteiger partial charge in [0.15, 0.2) is 5.78 Å². The Morgan fingerprint density at radius 2 is 1.67 bits per heavy atom. The van der Waals surface area contributed by atoms with Gasteiger partial charge in [0.05, 0.1) is 18.7 Å². The van der Waals surface area contributed by atoms with E-state index in [-0.39, 0.29) is 18.3 Å². The van der Waals surface area contributed by atoms with E-state index in [1.165, 1.54) is 0 Å². The van der Waals surface area contributed by atoms with E-state index in [0.717, 1.165) is 32.6 Å². The van der Waals surface area contributed by atoms with Gasteiger partial charge in [0.2, 0.25) is 0 Å². The second-order valence-electron chi connectivity index (χ2n) is 9.86. The van der Waals surface area contributed by atoms with Crippen LogP contribution in [0.2, 0.25) is 0 Å². The number of methoxy groups -OCH3 is 2. The first-order valence-electron chi connectivity index (χ1n) is 12.9. The van der Waals surface area contributed by atoms with Crippen LogP contribution >= 0.6 is 15.9 Å². The van der Waals surface area contributed by atoms with Gasteiger partial charge in [0, 0.05) is 29.3 Å². The van der Waals surface area contributed by atoms with E-state index in [1.807, 2.05) is 79.7 Å². The SMILES string of the molecule is COc1ccc([C@H]2CC(=O)C3=C(C2)N=C(C)C(C(=O)OCc2ccccc2)[C@H]3c2ccc(OC)c(Br)c2)cc1. The van der Waals surface area contributed by atoms with Crippen molar-refractivity contribution in [1.29, 1.82) is 0 Å². The van der Waals surface area contributed by atoms with Crippen LogP contribution in [0.15, 0.2) is 93.5 Å². The number of ketones is 1. The Kier molecular flexibility index (Phi) is 7.98. The zero-order valence-corrected chi connectivity index (χ0v) is 23.7. The summed E-state index contributed by atoms with van der Waals surface area (Å²) in [5.74, 6) is -0.161. The van der Waals surface area contributed by atoms with Crippen molar-refractivity contribution in [2.75, 3.05) is 14.2 Å². The fourth-order valence-electron chi connectivity index (χ4n) is 5.53. The molecule has 1 aliphatic heterocycles. The van der Waals surface area contributed by atoms with Crippen LogP contribution in [0.5, 0.6) is 11.5 Å². The minimum absolute atomic E-state index is 0.00328. The highest BCUT2D eigenvalue weighted by atomic mass is 79.9. The molecule has 0 radical (unpaired) electrons. The zero-order valence-electron chi connectivity index (χ0n) is 22.1. The maximum atomic E-state index is 13.8. The minimum atomic E-state index is -0.714. The normalized spacial score (nSPS) is 20.7. The lowest BCUT2D eigenvalue weighted by atomic mass is 9.69. The number of Topliss-reactive ketones (excluding diaryl/α,β-unsaturated/α-hetero) is 1. The van der Waals surface area contributed by atoms with E-state index >= 15 is 0 Å². The number of aliphatic imine (C=N–C) groups is 1. The summed E-state index contributed by atoms with van der Waals surface area (Å²) in [6.07, 6.45) is 0.962. The van der Waals surface area contributed by atoms with Crippen LogP contribution in [0.3, 0.4) is 0 Å². The molecule has 39 heavy (non-hydrogen) atoms. The van der Waals surface area contributed by atoms with E-state index in [9.17, 15) is 9.59 Å². The van der Waals surface area contributed by atoms with Gasteiger partial charge in [-0.2, -0.15) is 0 Å². The van der Waals surface area contributed by atoms with Crippen molar-refractivity contribution in [3.63, 3.8) is 0 Å². The molecule has 0 saturated heterocycles. The Morgan fingerprint density at radius 1 is 0.949 bits per heavy atom. The van der Waals surface area contributed by atoms with Crippen molar-refractivity contribution in [2.24, 2.45) is 10.9 Å². The Bertz CT molecular complexity index is 1450. The molecule has 3 atom stereocenters. The van der Waals surface area contributed by atoms with Crippen LogP contribution in [0.25, 0.3) is 0 Å². The Labute approximate surface area is 236 Å². The van der Waals surface area contributed by atoms with Crippen LogP contribution in [0.4, 0.5) is 0 Å². The molecule has 200 valence electrons. The van der Waals surface area contributed by atoms with Gasteiger partial charge < -0.3 is 14.2 Å². The molecule has 0 fully saturated rings. The number of hydrogen-bond acceptors (Lipinski definition) is 6. The number of benzene rings is 3. The molecule has 0 saturated carbocycles. The molecule has 3 aromatic rings. The fraction of sp³-hybridized carbons (Fsp3) is 0.281. The number of ether oxygens (including phenoxy) is 3. The van der Waals surface area contributed by atoms with E-state index in [0.29, 0.717) is 29.9 Å². The summed E-state index contributed by atoms with van der Waals surface area (Å²) < 4.78 is 17.3. The maximum absolute atomic E-state index is 13.8. The van der Waals surface area contributed by atoms with Crippen molar-refractivity contribution >= 4 is 33.4 Å². The van der Waals surface area contributed by atoms with Crippen LogP contribution in [-0.4, -0.2) is 31.7 Å². The molecule has 3 aromatic carbocycles. The molecule has 0 spiro atoms. The van der Waals surface area contributed by atoms with Crippen molar-refractivity contribution in [2.45, 2.75) is 38.2 Å². The fourth-order valence-corrected chi connectivity index (χ4v) is 6.09. The number of nitrogens with zero attached hydrogens (tertiary/aromatic N) is 1. The highest BCUT2D eigenvalue weighted by molar-refractivity contribution is 9.10. The summed E-state index contributed by atoms with van der Waals surface area (Å²) in [5.41, 5.74) is 4.79. The molecule has 5 rings (SSSR count). The lowest BCUT2D eigenvalue weighted by Crippen LogP contribution is -2.38. The van der Waals surface area contributed by atoms with E-state index in [4.69, 9.17) is 19.2 Å². The maximum Gasteiger partial charge on any atom is 0.315 e. The molecular formula is C32H30BrNO5. The third kappa shape index (κ3) is 5.55. The second kappa shape index (κ2) is 11.6. The number of rotatable bonds is 7. The van der Waals surface area contributed by atoms with Crippen LogP contribution in [0, 0.1) is 5.92 Å².